The lowest BCUT2D eigenvalue weighted by Crippen LogP contribution is -2.49. The zero-order valence-electron chi connectivity index (χ0n) is 19.4. The minimum atomic E-state index is -0.470. The summed E-state index contributed by atoms with van der Waals surface area (Å²) < 4.78 is 6.81. The van der Waals surface area contributed by atoms with Gasteiger partial charge in [-0.2, -0.15) is 0 Å². The molecular weight excluding hydrogens is 396 g/mol. The Kier molecular flexibility index (Phi) is 7.60. The average molecular weight is 429 g/mol. The lowest BCUT2D eigenvalue weighted by atomic mass is 10.0. The average Bonchev–Trinajstić information content (AvgIpc) is 2.89. The van der Waals surface area contributed by atoms with Crippen LogP contribution in [0.4, 0.5) is 4.79 Å². The lowest BCUT2D eigenvalue weighted by Gasteiger charge is -2.28. The number of hydrogen-bond acceptors (Lipinski definition) is 5. The van der Waals surface area contributed by atoms with Crippen LogP contribution < -0.4 is 5.32 Å². The highest BCUT2D eigenvalue weighted by Crippen LogP contribution is 2.23. The normalized spacial score (nSPS) is 11.2. The van der Waals surface area contributed by atoms with Crippen LogP contribution in [0.25, 0.3) is 0 Å². The van der Waals surface area contributed by atoms with Crippen molar-refractivity contribution in [3.63, 3.8) is 0 Å². The highest BCUT2D eigenvalue weighted by atomic mass is 16.5. The van der Waals surface area contributed by atoms with Crippen molar-refractivity contribution in [1.82, 2.24) is 19.8 Å². The Bertz CT molecular complexity index is 958. The van der Waals surface area contributed by atoms with Crippen molar-refractivity contribution in [3.8, 4) is 0 Å². The van der Waals surface area contributed by atoms with Gasteiger partial charge in [-0.05, 0) is 58.7 Å². The summed E-state index contributed by atoms with van der Waals surface area (Å²) in [5, 5.41) is 2.91. The van der Waals surface area contributed by atoms with Gasteiger partial charge in [0.2, 0.25) is 0 Å². The molecule has 1 N–H and O–H groups in total. The molecule has 168 valence electrons. The molecule has 2 rings (SSSR count). The number of carbonyl (C=O) groups is 3. The van der Waals surface area contributed by atoms with Gasteiger partial charge in [0.15, 0.2) is 5.78 Å². The molecular formula is C23H32N4O4. The number of aromatic nitrogens is 2. The molecule has 0 radical (unpaired) electrons. The van der Waals surface area contributed by atoms with Crippen molar-refractivity contribution in [2.75, 3.05) is 13.2 Å². The van der Waals surface area contributed by atoms with E-state index in [1.807, 2.05) is 26.8 Å². The zero-order valence-corrected chi connectivity index (χ0v) is 19.4. The molecule has 2 aromatic heterocycles. The second-order valence-electron chi connectivity index (χ2n) is 8.53. The van der Waals surface area contributed by atoms with Gasteiger partial charge in [-0.1, -0.05) is 6.07 Å². The number of nitrogens with one attached hydrogen (secondary N) is 1. The molecule has 31 heavy (non-hydrogen) atoms. The van der Waals surface area contributed by atoms with E-state index in [9.17, 15) is 14.4 Å². The third kappa shape index (κ3) is 5.93. The van der Waals surface area contributed by atoms with Gasteiger partial charge in [0.05, 0.1) is 13.2 Å². The summed E-state index contributed by atoms with van der Waals surface area (Å²) >= 11 is 0. The molecule has 0 atom stereocenters. The van der Waals surface area contributed by atoms with E-state index in [0.717, 1.165) is 5.56 Å². The molecule has 8 nitrogen and oxygen atoms in total. The largest absolute Gasteiger partial charge is 0.461 e. The zero-order chi connectivity index (χ0) is 23.3. The van der Waals surface area contributed by atoms with E-state index in [0.29, 0.717) is 22.5 Å². The summed E-state index contributed by atoms with van der Waals surface area (Å²) in [5.74, 6) is -0.712. The van der Waals surface area contributed by atoms with Crippen molar-refractivity contribution in [2.24, 2.45) is 7.05 Å². The van der Waals surface area contributed by atoms with Gasteiger partial charge in [0.1, 0.15) is 5.69 Å². The summed E-state index contributed by atoms with van der Waals surface area (Å²) in [6.45, 7) is 11.2. The molecule has 0 unspecified atom stereocenters. The number of hydrogen-bond donors (Lipinski definition) is 1. The van der Waals surface area contributed by atoms with Crippen LogP contribution in [0, 0.1) is 13.8 Å². The molecule has 0 aliphatic carbocycles. The van der Waals surface area contributed by atoms with Gasteiger partial charge in [-0.3, -0.25) is 9.78 Å². The molecule has 0 saturated heterocycles. The molecule has 0 fully saturated rings. The standard InChI is InChI=1S/C23H32N4O4/c1-8-31-21(29)20-15(2)19(16(3)26(20)7)18(28)14-27(22(30)25-23(4,5)6)13-17-10-9-11-24-12-17/h9-12H,8,13-14H2,1-7H3,(H,25,30). The molecule has 0 aromatic carbocycles. The number of nitrogens with zero attached hydrogens (tertiary/aromatic N) is 3. The van der Waals surface area contributed by atoms with Gasteiger partial charge in [-0.15, -0.1) is 0 Å². The minimum Gasteiger partial charge on any atom is -0.461 e. The van der Waals surface area contributed by atoms with Crippen LogP contribution in [0.5, 0.6) is 0 Å². The first-order valence-electron chi connectivity index (χ1n) is 10.3. The van der Waals surface area contributed by atoms with Crippen molar-refractivity contribution in [3.05, 3.63) is 52.6 Å². The van der Waals surface area contributed by atoms with Gasteiger partial charge in [0.25, 0.3) is 0 Å². The fourth-order valence-corrected chi connectivity index (χ4v) is 3.44. The van der Waals surface area contributed by atoms with Gasteiger partial charge >= 0.3 is 12.0 Å². The molecule has 0 spiro atoms. The number of ketones is 1. The lowest BCUT2D eigenvalue weighted by molar-refractivity contribution is 0.0514. The third-order valence-electron chi connectivity index (χ3n) is 4.88. The van der Waals surface area contributed by atoms with Crippen LogP contribution in [0.3, 0.4) is 0 Å². The predicted octanol–water partition coefficient (Wildman–Crippen LogP) is 3.41. The van der Waals surface area contributed by atoms with Crippen LogP contribution in [0.1, 0.15) is 65.4 Å². The number of ether oxygens (including phenoxy) is 1. The number of amides is 2. The quantitative estimate of drug-likeness (QED) is 0.539. The SMILES string of the molecule is CCOC(=O)c1c(C)c(C(=O)CN(Cc2cccnc2)C(=O)NC(C)(C)C)c(C)n1C. The van der Waals surface area contributed by atoms with Gasteiger partial charge in [0, 0.05) is 42.8 Å². The number of carbonyl (C=O) groups excluding carboxylic acids is 3. The van der Waals surface area contributed by atoms with Crippen LogP contribution in [-0.4, -0.2) is 50.9 Å². The Morgan fingerprint density at radius 1 is 1.23 bits per heavy atom. The fraction of sp³-hybridized carbons (Fsp3) is 0.478. The maximum atomic E-state index is 13.3. The van der Waals surface area contributed by atoms with Gasteiger partial charge < -0.3 is 19.5 Å². The van der Waals surface area contributed by atoms with Crippen molar-refractivity contribution < 1.29 is 19.1 Å². The fourth-order valence-electron chi connectivity index (χ4n) is 3.44. The van der Waals surface area contributed by atoms with Crippen molar-refractivity contribution in [2.45, 2.75) is 53.6 Å². The highest BCUT2D eigenvalue weighted by Gasteiger charge is 2.28. The Morgan fingerprint density at radius 3 is 2.45 bits per heavy atom. The van der Waals surface area contributed by atoms with E-state index in [-0.39, 0.29) is 31.5 Å². The first-order valence-corrected chi connectivity index (χ1v) is 10.3. The number of urea groups is 1. The second-order valence-corrected chi connectivity index (χ2v) is 8.53. The molecule has 0 aliphatic rings. The Balaban J connectivity index is 2.36. The first kappa shape index (κ1) is 24.1. The summed E-state index contributed by atoms with van der Waals surface area (Å²) in [6, 6.07) is 3.29. The molecule has 2 amide bonds. The van der Waals surface area contributed by atoms with E-state index in [4.69, 9.17) is 4.74 Å². The van der Waals surface area contributed by atoms with E-state index < -0.39 is 11.5 Å². The Morgan fingerprint density at radius 2 is 1.90 bits per heavy atom. The van der Waals surface area contributed by atoms with E-state index in [2.05, 4.69) is 10.3 Å². The molecule has 2 heterocycles. The van der Waals surface area contributed by atoms with Crippen LogP contribution >= 0.6 is 0 Å². The molecule has 2 aromatic rings. The molecule has 8 heteroatoms. The van der Waals surface area contributed by atoms with E-state index in [1.165, 1.54) is 4.90 Å². The van der Waals surface area contributed by atoms with Crippen LogP contribution in [0.2, 0.25) is 0 Å². The molecule has 0 saturated carbocycles. The Labute approximate surface area is 183 Å². The minimum absolute atomic E-state index is 0.134. The summed E-state index contributed by atoms with van der Waals surface area (Å²) in [6.07, 6.45) is 3.32. The van der Waals surface area contributed by atoms with E-state index in [1.54, 1.807) is 50.8 Å². The Hall–Kier alpha value is -3.16. The number of rotatable bonds is 7. The van der Waals surface area contributed by atoms with Crippen LogP contribution in [-0.2, 0) is 18.3 Å². The number of pyridine rings is 1. The van der Waals surface area contributed by atoms with Crippen molar-refractivity contribution in [1.29, 1.82) is 0 Å². The smallest absolute Gasteiger partial charge is 0.355 e. The molecule has 0 aliphatic heterocycles. The summed E-state index contributed by atoms with van der Waals surface area (Å²) in [4.78, 5) is 44.1. The van der Waals surface area contributed by atoms with Crippen LogP contribution in [0.15, 0.2) is 24.5 Å². The number of Topliss-reactive ketones (excluding diaryl/α,β-unsaturated/α-hetero) is 1. The van der Waals surface area contributed by atoms with E-state index >= 15 is 0 Å². The van der Waals surface area contributed by atoms with Gasteiger partial charge in [-0.25, -0.2) is 9.59 Å². The summed E-state index contributed by atoms with van der Waals surface area (Å²) in [5.41, 5.74) is 2.35. The maximum absolute atomic E-state index is 13.3. The first-order chi connectivity index (χ1) is 14.5. The molecule has 0 bridgehead atoms. The predicted molar refractivity (Wildman–Crippen MR) is 118 cm³/mol. The monoisotopic (exact) mass is 428 g/mol. The highest BCUT2D eigenvalue weighted by molar-refractivity contribution is 6.04. The second kappa shape index (κ2) is 9.76. The number of esters is 1. The summed E-state index contributed by atoms with van der Waals surface area (Å²) in [7, 11) is 1.73. The maximum Gasteiger partial charge on any atom is 0.355 e. The van der Waals surface area contributed by atoms with Crippen molar-refractivity contribution >= 4 is 17.8 Å². The third-order valence-corrected chi connectivity index (χ3v) is 4.88. The topological polar surface area (TPSA) is 93.5 Å².